The van der Waals surface area contributed by atoms with E-state index < -0.39 is 0 Å². The molecule has 4 aromatic rings. The van der Waals surface area contributed by atoms with Gasteiger partial charge in [0.15, 0.2) is 0 Å². The van der Waals surface area contributed by atoms with Crippen molar-refractivity contribution in [1.82, 2.24) is 15.0 Å². The molecular weight excluding hydrogens is 387 g/mol. The smallest absolute Gasteiger partial charge is 0.223 e. The van der Waals surface area contributed by atoms with E-state index in [9.17, 15) is 4.39 Å². The molecule has 1 atom stereocenters. The summed E-state index contributed by atoms with van der Waals surface area (Å²) in [6.45, 7) is 2.00. The van der Waals surface area contributed by atoms with Crippen LogP contribution in [0.2, 0.25) is 5.02 Å². The van der Waals surface area contributed by atoms with Gasteiger partial charge in [0.25, 0.3) is 0 Å². The second kappa shape index (κ2) is 8.37. The Morgan fingerprint density at radius 2 is 1.66 bits per heavy atom. The first-order valence-electron chi connectivity index (χ1n) is 9.16. The molecule has 0 aliphatic heterocycles. The van der Waals surface area contributed by atoms with Gasteiger partial charge in [0, 0.05) is 34.7 Å². The molecular formula is C23H18ClFN4. The summed E-state index contributed by atoms with van der Waals surface area (Å²) in [5.41, 5.74) is 4.25. The molecule has 0 amide bonds. The number of nitrogens with zero attached hydrogens (tertiary/aromatic N) is 3. The van der Waals surface area contributed by atoms with Crippen molar-refractivity contribution in [1.29, 1.82) is 0 Å². The van der Waals surface area contributed by atoms with Gasteiger partial charge in [-0.15, -0.1) is 0 Å². The van der Waals surface area contributed by atoms with E-state index in [1.54, 1.807) is 30.7 Å². The van der Waals surface area contributed by atoms with Gasteiger partial charge in [-0.2, -0.15) is 0 Å². The zero-order valence-corrected chi connectivity index (χ0v) is 16.4. The maximum absolute atomic E-state index is 13.4. The lowest BCUT2D eigenvalue weighted by Crippen LogP contribution is -2.10. The van der Waals surface area contributed by atoms with Gasteiger partial charge in [-0.3, -0.25) is 4.98 Å². The van der Waals surface area contributed by atoms with Gasteiger partial charge >= 0.3 is 0 Å². The third kappa shape index (κ3) is 4.25. The number of anilines is 1. The predicted octanol–water partition coefficient (Wildman–Crippen LogP) is 6.17. The number of halogens is 2. The fourth-order valence-electron chi connectivity index (χ4n) is 3.12. The van der Waals surface area contributed by atoms with Crippen LogP contribution in [0.1, 0.15) is 18.5 Å². The summed E-state index contributed by atoms with van der Waals surface area (Å²) in [5, 5.41) is 4.00. The van der Waals surface area contributed by atoms with Gasteiger partial charge in [-0.05, 0) is 48.4 Å². The standard InChI is InChI=1S/C23H18ClFN4/c1-15(19-4-2-3-5-21(19)24)28-23-27-14-20(16-6-8-18(25)9-7-16)22(29-23)17-10-12-26-13-11-17/h2-15H,1H3,(H,27,28,29). The van der Waals surface area contributed by atoms with Gasteiger partial charge in [-0.25, -0.2) is 14.4 Å². The van der Waals surface area contributed by atoms with Gasteiger partial charge in [-0.1, -0.05) is 41.9 Å². The van der Waals surface area contributed by atoms with Crippen molar-refractivity contribution in [3.63, 3.8) is 0 Å². The van der Waals surface area contributed by atoms with E-state index in [-0.39, 0.29) is 11.9 Å². The second-order valence-electron chi connectivity index (χ2n) is 6.59. The molecule has 2 aromatic carbocycles. The van der Waals surface area contributed by atoms with E-state index >= 15 is 0 Å². The number of hydrogen-bond acceptors (Lipinski definition) is 4. The molecule has 29 heavy (non-hydrogen) atoms. The van der Waals surface area contributed by atoms with Crippen LogP contribution in [0.5, 0.6) is 0 Å². The average Bonchev–Trinajstić information content (AvgIpc) is 2.75. The summed E-state index contributed by atoms with van der Waals surface area (Å²) in [5.74, 6) is 0.196. The van der Waals surface area contributed by atoms with Gasteiger partial charge in [0.2, 0.25) is 5.95 Å². The fraction of sp³-hybridized carbons (Fsp3) is 0.0870. The third-order valence-electron chi connectivity index (χ3n) is 4.62. The summed E-state index contributed by atoms with van der Waals surface area (Å²) in [6, 6.07) is 17.7. The number of pyridine rings is 1. The molecule has 0 radical (unpaired) electrons. The van der Waals surface area contributed by atoms with E-state index in [0.29, 0.717) is 11.0 Å². The summed E-state index contributed by atoms with van der Waals surface area (Å²) in [7, 11) is 0. The van der Waals surface area contributed by atoms with Crippen LogP contribution in [0.15, 0.2) is 79.3 Å². The first-order valence-corrected chi connectivity index (χ1v) is 9.54. The van der Waals surface area contributed by atoms with Crippen LogP contribution in [-0.2, 0) is 0 Å². The first kappa shape index (κ1) is 19.0. The van der Waals surface area contributed by atoms with Crippen LogP contribution in [0, 0.1) is 5.82 Å². The molecule has 144 valence electrons. The molecule has 6 heteroatoms. The zero-order chi connectivity index (χ0) is 20.2. The van der Waals surface area contributed by atoms with Crippen molar-refractivity contribution in [3.05, 3.63) is 95.7 Å². The number of benzene rings is 2. The Hall–Kier alpha value is -3.31. The van der Waals surface area contributed by atoms with Crippen LogP contribution >= 0.6 is 11.6 Å². The molecule has 2 heterocycles. The summed E-state index contributed by atoms with van der Waals surface area (Å²) in [6.07, 6.45) is 5.17. The lowest BCUT2D eigenvalue weighted by atomic mass is 10.0. The first-order chi connectivity index (χ1) is 14.1. The summed E-state index contributed by atoms with van der Waals surface area (Å²) >= 11 is 6.31. The molecule has 0 spiro atoms. The van der Waals surface area contributed by atoms with Crippen LogP contribution < -0.4 is 5.32 Å². The maximum Gasteiger partial charge on any atom is 0.223 e. The van der Waals surface area contributed by atoms with E-state index in [1.165, 1.54) is 12.1 Å². The van der Waals surface area contributed by atoms with Crippen LogP contribution in [0.4, 0.5) is 10.3 Å². The Balaban J connectivity index is 1.74. The Morgan fingerprint density at radius 1 is 0.931 bits per heavy atom. The highest BCUT2D eigenvalue weighted by Crippen LogP contribution is 2.32. The quantitative estimate of drug-likeness (QED) is 0.432. The van der Waals surface area contributed by atoms with Gasteiger partial charge < -0.3 is 5.32 Å². The molecule has 0 aliphatic rings. The van der Waals surface area contributed by atoms with Crippen molar-refractivity contribution in [2.75, 3.05) is 5.32 Å². The lowest BCUT2D eigenvalue weighted by molar-refractivity contribution is 0.628. The highest BCUT2D eigenvalue weighted by atomic mass is 35.5. The minimum absolute atomic E-state index is 0.0781. The molecule has 0 fully saturated rings. The Bertz CT molecular complexity index is 1120. The Labute approximate surface area is 173 Å². The maximum atomic E-state index is 13.4. The molecule has 4 nitrogen and oxygen atoms in total. The second-order valence-corrected chi connectivity index (χ2v) is 6.99. The minimum Gasteiger partial charge on any atom is -0.348 e. The molecule has 0 bridgehead atoms. The molecule has 1 N–H and O–H groups in total. The SMILES string of the molecule is CC(Nc1ncc(-c2ccc(F)cc2)c(-c2ccncc2)n1)c1ccccc1Cl. The number of aromatic nitrogens is 3. The fourth-order valence-corrected chi connectivity index (χ4v) is 3.42. The van der Waals surface area contributed by atoms with Crippen molar-refractivity contribution >= 4 is 17.5 Å². The minimum atomic E-state index is -0.285. The molecule has 4 rings (SSSR count). The van der Waals surface area contributed by atoms with E-state index in [1.807, 2.05) is 43.3 Å². The predicted molar refractivity (Wildman–Crippen MR) is 114 cm³/mol. The molecule has 0 aliphatic carbocycles. The van der Waals surface area contributed by atoms with Crippen molar-refractivity contribution in [2.24, 2.45) is 0 Å². The Kier molecular flexibility index (Phi) is 5.49. The van der Waals surface area contributed by atoms with Gasteiger partial charge in [0.1, 0.15) is 5.82 Å². The molecule has 1 unspecified atom stereocenters. The normalized spacial score (nSPS) is 11.8. The summed E-state index contributed by atoms with van der Waals surface area (Å²) < 4.78 is 13.4. The molecule has 2 aromatic heterocycles. The molecule has 0 saturated heterocycles. The zero-order valence-electron chi connectivity index (χ0n) is 15.7. The van der Waals surface area contributed by atoms with Crippen molar-refractivity contribution in [2.45, 2.75) is 13.0 Å². The van der Waals surface area contributed by atoms with Crippen LogP contribution in [-0.4, -0.2) is 15.0 Å². The molecule has 0 saturated carbocycles. The van der Waals surface area contributed by atoms with Gasteiger partial charge in [0.05, 0.1) is 11.7 Å². The van der Waals surface area contributed by atoms with Crippen molar-refractivity contribution < 1.29 is 4.39 Å². The van der Waals surface area contributed by atoms with Crippen LogP contribution in [0.3, 0.4) is 0 Å². The average molecular weight is 405 g/mol. The topological polar surface area (TPSA) is 50.7 Å². The Morgan fingerprint density at radius 3 is 2.38 bits per heavy atom. The van der Waals surface area contributed by atoms with E-state index in [2.05, 4.69) is 15.3 Å². The van der Waals surface area contributed by atoms with Crippen LogP contribution in [0.25, 0.3) is 22.4 Å². The lowest BCUT2D eigenvalue weighted by Gasteiger charge is -2.17. The monoisotopic (exact) mass is 404 g/mol. The number of rotatable bonds is 5. The number of nitrogens with one attached hydrogen (secondary N) is 1. The largest absolute Gasteiger partial charge is 0.348 e. The third-order valence-corrected chi connectivity index (χ3v) is 4.96. The number of hydrogen-bond donors (Lipinski definition) is 1. The van der Waals surface area contributed by atoms with Crippen molar-refractivity contribution in [3.8, 4) is 22.4 Å². The van der Waals surface area contributed by atoms with E-state index in [0.717, 1.165) is 27.9 Å². The summed E-state index contributed by atoms with van der Waals surface area (Å²) in [4.78, 5) is 13.3. The highest BCUT2D eigenvalue weighted by Gasteiger charge is 2.15. The highest BCUT2D eigenvalue weighted by molar-refractivity contribution is 6.31. The van der Waals surface area contributed by atoms with E-state index in [4.69, 9.17) is 16.6 Å².